The first-order chi connectivity index (χ1) is 4.72. The van der Waals surface area contributed by atoms with E-state index in [-0.39, 0.29) is 5.91 Å². The van der Waals surface area contributed by atoms with Crippen molar-refractivity contribution in [3.63, 3.8) is 0 Å². The Balaban J connectivity index is 3.42. The number of nitrogens with one attached hydrogen (secondary N) is 1. The zero-order valence-electron chi connectivity index (χ0n) is 6.39. The van der Waals surface area contributed by atoms with Gasteiger partial charge in [-0.2, -0.15) is 0 Å². The van der Waals surface area contributed by atoms with E-state index in [1.165, 1.54) is 7.11 Å². The number of nitrogens with two attached hydrogens (primary N) is 1. The van der Waals surface area contributed by atoms with E-state index < -0.39 is 6.23 Å². The number of methoxy groups -OCH3 is 1. The molecule has 0 radical (unpaired) electrons. The molecule has 0 aromatic carbocycles. The van der Waals surface area contributed by atoms with Crippen LogP contribution in [0.2, 0.25) is 0 Å². The van der Waals surface area contributed by atoms with Crippen LogP contribution >= 0.6 is 0 Å². The van der Waals surface area contributed by atoms with E-state index in [4.69, 9.17) is 5.73 Å². The third-order valence-electron chi connectivity index (χ3n) is 1.06. The summed E-state index contributed by atoms with van der Waals surface area (Å²) in [5.41, 5.74) is 5.22. The van der Waals surface area contributed by atoms with Crippen LogP contribution in [0.5, 0.6) is 0 Å². The SMILES string of the molecule is CCCNC(=O)[C@@H](N)OC. The number of hydrogen-bond acceptors (Lipinski definition) is 3. The third-order valence-corrected chi connectivity index (χ3v) is 1.06. The highest BCUT2D eigenvalue weighted by Crippen LogP contribution is 1.79. The van der Waals surface area contributed by atoms with Gasteiger partial charge in [0.2, 0.25) is 0 Å². The second kappa shape index (κ2) is 5.20. The maximum absolute atomic E-state index is 10.8. The highest BCUT2D eigenvalue weighted by atomic mass is 16.5. The largest absolute Gasteiger partial charge is 0.357 e. The fourth-order valence-corrected chi connectivity index (χ4v) is 0.456. The minimum absolute atomic E-state index is 0.260. The number of hydrogen-bond donors (Lipinski definition) is 2. The van der Waals surface area contributed by atoms with Crippen LogP contribution in [0, 0.1) is 0 Å². The lowest BCUT2D eigenvalue weighted by atomic mass is 10.4. The Labute approximate surface area is 60.7 Å². The lowest BCUT2D eigenvalue weighted by molar-refractivity contribution is -0.130. The first kappa shape index (κ1) is 9.39. The molecule has 0 aliphatic carbocycles. The molecule has 0 aromatic rings. The van der Waals surface area contributed by atoms with E-state index in [1.807, 2.05) is 6.92 Å². The van der Waals surface area contributed by atoms with Crippen molar-refractivity contribution in [2.45, 2.75) is 19.6 Å². The van der Waals surface area contributed by atoms with Crippen molar-refractivity contribution in [2.75, 3.05) is 13.7 Å². The smallest absolute Gasteiger partial charge is 0.263 e. The van der Waals surface area contributed by atoms with Gasteiger partial charge in [-0.3, -0.25) is 10.5 Å². The molecule has 60 valence electrons. The molecule has 1 amide bonds. The number of rotatable bonds is 4. The Bertz CT molecular complexity index is 106. The molecule has 0 aliphatic heterocycles. The maximum Gasteiger partial charge on any atom is 0.263 e. The first-order valence-electron chi connectivity index (χ1n) is 3.28. The molecule has 0 aliphatic rings. The van der Waals surface area contributed by atoms with E-state index >= 15 is 0 Å². The molecule has 0 unspecified atom stereocenters. The fraction of sp³-hybridized carbons (Fsp3) is 0.833. The number of carbonyl (C=O) groups is 1. The van der Waals surface area contributed by atoms with Crippen molar-refractivity contribution in [3.05, 3.63) is 0 Å². The topological polar surface area (TPSA) is 64.4 Å². The molecule has 0 saturated heterocycles. The monoisotopic (exact) mass is 146 g/mol. The minimum Gasteiger partial charge on any atom is -0.357 e. The second-order valence-electron chi connectivity index (χ2n) is 1.95. The Morgan fingerprint density at radius 2 is 2.40 bits per heavy atom. The zero-order valence-corrected chi connectivity index (χ0v) is 6.39. The summed E-state index contributed by atoms with van der Waals surface area (Å²) in [7, 11) is 1.40. The van der Waals surface area contributed by atoms with Crippen molar-refractivity contribution >= 4 is 5.91 Å². The van der Waals surface area contributed by atoms with Gasteiger partial charge in [0.15, 0.2) is 6.23 Å². The molecule has 4 nitrogen and oxygen atoms in total. The van der Waals surface area contributed by atoms with Gasteiger partial charge in [0.25, 0.3) is 5.91 Å². The molecule has 1 atom stereocenters. The van der Waals surface area contributed by atoms with Crippen molar-refractivity contribution in [3.8, 4) is 0 Å². The molecule has 0 spiro atoms. The van der Waals surface area contributed by atoms with E-state index in [2.05, 4.69) is 10.1 Å². The van der Waals surface area contributed by atoms with Crippen molar-refractivity contribution in [1.29, 1.82) is 0 Å². The predicted octanol–water partition coefficient (Wildman–Crippen LogP) is -0.556. The van der Waals surface area contributed by atoms with Gasteiger partial charge in [-0.15, -0.1) is 0 Å². The van der Waals surface area contributed by atoms with E-state index in [9.17, 15) is 4.79 Å². The standard InChI is InChI=1S/C6H14N2O2/c1-3-4-8-6(9)5(7)10-2/h5H,3-4,7H2,1-2H3,(H,8,9)/t5-/m0/s1. The van der Waals surface area contributed by atoms with Crippen LogP contribution in [0.25, 0.3) is 0 Å². The molecular formula is C6H14N2O2. The maximum atomic E-state index is 10.8. The lowest BCUT2D eigenvalue weighted by Gasteiger charge is -2.08. The van der Waals surface area contributed by atoms with Gasteiger partial charge in [0.1, 0.15) is 0 Å². The third kappa shape index (κ3) is 3.42. The average Bonchev–Trinajstić information content (AvgIpc) is 1.98. The zero-order chi connectivity index (χ0) is 7.98. The van der Waals surface area contributed by atoms with Crippen LogP contribution in [0.15, 0.2) is 0 Å². The first-order valence-corrected chi connectivity index (χ1v) is 3.28. The van der Waals surface area contributed by atoms with Crippen LogP contribution in [0.4, 0.5) is 0 Å². The van der Waals surface area contributed by atoms with Gasteiger partial charge >= 0.3 is 0 Å². The Morgan fingerprint density at radius 1 is 1.80 bits per heavy atom. The van der Waals surface area contributed by atoms with Crippen LogP contribution in [0.3, 0.4) is 0 Å². The average molecular weight is 146 g/mol. The summed E-state index contributed by atoms with van der Waals surface area (Å²) in [5.74, 6) is -0.260. The Morgan fingerprint density at radius 3 is 2.80 bits per heavy atom. The van der Waals surface area contributed by atoms with E-state index in [0.717, 1.165) is 6.42 Å². The summed E-state index contributed by atoms with van der Waals surface area (Å²) in [6, 6.07) is 0. The summed E-state index contributed by atoms with van der Waals surface area (Å²) in [6.07, 6.45) is 0.0777. The predicted molar refractivity (Wildman–Crippen MR) is 38.3 cm³/mol. The molecule has 0 aromatic heterocycles. The van der Waals surface area contributed by atoms with Crippen molar-refractivity contribution in [2.24, 2.45) is 5.73 Å². The minimum atomic E-state index is -0.827. The van der Waals surface area contributed by atoms with Crippen LogP contribution in [0.1, 0.15) is 13.3 Å². The van der Waals surface area contributed by atoms with Gasteiger partial charge in [-0.05, 0) is 6.42 Å². The molecule has 10 heavy (non-hydrogen) atoms. The summed E-state index contributed by atoms with van der Waals surface area (Å²) >= 11 is 0. The summed E-state index contributed by atoms with van der Waals surface area (Å²) in [6.45, 7) is 2.62. The van der Waals surface area contributed by atoms with Gasteiger partial charge in [0, 0.05) is 13.7 Å². The highest BCUT2D eigenvalue weighted by Gasteiger charge is 2.09. The molecule has 0 fully saturated rings. The van der Waals surface area contributed by atoms with Crippen LogP contribution in [-0.4, -0.2) is 25.8 Å². The van der Waals surface area contributed by atoms with Gasteiger partial charge in [-0.25, -0.2) is 0 Å². The van der Waals surface area contributed by atoms with Gasteiger partial charge in [-0.1, -0.05) is 6.92 Å². The fourth-order valence-electron chi connectivity index (χ4n) is 0.456. The summed E-state index contributed by atoms with van der Waals surface area (Å²) in [4.78, 5) is 10.8. The molecule has 0 bridgehead atoms. The number of ether oxygens (including phenoxy) is 1. The normalized spacial score (nSPS) is 12.7. The molecular weight excluding hydrogens is 132 g/mol. The number of amides is 1. The molecule has 0 rings (SSSR count). The van der Waals surface area contributed by atoms with E-state index in [1.54, 1.807) is 0 Å². The van der Waals surface area contributed by atoms with Gasteiger partial charge in [0.05, 0.1) is 0 Å². The summed E-state index contributed by atoms with van der Waals surface area (Å²) in [5, 5.41) is 2.59. The van der Waals surface area contributed by atoms with Gasteiger partial charge < -0.3 is 10.1 Å². The summed E-state index contributed by atoms with van der Waals surface area (Å²) < 4.78 is 4.57. The second-order valence-corrected chi connectivity index (χ2v) is 1.95. The molecule has 0 heterocycles. The Kier molecular flexibility index (Phi) is 4.88. The van der Waals surface area contributed by atoms with Crippen molar-refractivity contribution < 1.29 is 9.53 Å². The lowest BCUT2D eigenvalue weighted by Crippen LogP contribution is -2.41. The van der Waals surface area contributed by atoms with Crippen molar-refractivity contribution in [1.82, 2.24) is 5.32 Å². The molecule has 3 N–H and O–H groups in total. The quantitative estimate of drug-likeness (QED) is 0.523. The Hall–Kier alpha value is -0.610. The highest BCUT2D eigenvalue weighted by molar-refractivity contribution is 5.79. The molecule has 0 saturated carbocycles. The van der Waals surface area contributed by atoms with Crippen LogP contribution in [-0.2, 0) is 9.53 Å². The van der Waals surface area contributed by atoms with E-state index in [0.29, 0.717) is 6.54 Å². The molecule has 4 heteroatoms. The number of carbonyl (C=O) groups excluding carboxylic acids is 1. The van der Waals surface area contributed by atoms with Crippen LogP contribution < -0.4 is 11.1 Å².